The summed E-state index contributed by atoms with van der Waals surface area (Å²) in [5.74, 6) is 0.264. The SMILES string of the molecule is O=C1N=C(c2ccccc2)O/C1=C/c1ccccc1. The molecule has 0 spiro atoms. The van der Waals surface area contributed by atoms with Crippen LogP contribution in [-0.4, -0.2) is 11.8 Å². The van der Waals surface area contributed by atoms with Crippen LogP contribution in [0.2, 0.25) is 0 Å². The van der Waals surface area contributed by atoms with Crippen LogP contribution in [0.1, 0.15) is 11.1 Å². The second kappa shape index (κ2) is 4.90. The van der Waals surface area contributed by atoms with E-state index in [4.69, 9.17) is 4.74 Å². The lowest BCUT2D eigenvalue weighted by Crippen LogP contribution is -1.99. The van der Waals surface area contributed by atoms with E-state index in [1.807, 2.05) is 60.7 Å². The van der Waals surface area contributed by atoms with Crippen LogP contribution >= 0.6 is 0 Å². The Kier molecular flexibility index (Phi) is 2.94. The normalized spacial score (nSPS) is 16.3. The Morgan fingerprint density at radius 2 is 1.53 bits per heavy atom. The molecule has 2 aromatic carbocycles. The van der Waals surface area contributed by atoms with Gasteiger partial charge in [-0.05, 0) is 23.8 Å². The number of hydrogen-bond acceptors (Lipinski definition) is 2. The number of hydrogen-bond donors (Lipinski definition) is 0. The Balaban J connectivity index is 1.87. The van der Waals surface area contributed by atoms with E-state index >= 15 is 0 Å². The number of carbonyl (C=O) groups excluding carboxylic acids is 1. The first kappa shape index (κ1) is 11.4. The largest absolute Gasteiger partial charge is 0.432 e. The van der Waals surface area contributed by atoms with Crippen molar-refractivity contribution in [2.45, 2.75) is 0 Å². The monoisotopic (exact) mass is 249 g/mol. The van der Waals surface area contributed by atoms with Crippen LogP contribution in [-0.2, 0) is 9.53 Å². The number of benzene rings is 2. The summed E-state index contributed by atoms with van der Waals surface area (Å²) in [5.41, 5.74) is 1.71. The molecule has 0 aromatic heterocycles. The summed E-state index contributed by atoms with van der Waals surface area (Å²) in [4.78, 5) is 15.7. The van der Waals surface area contributed by atoms with Crippen molar-refractivity contribution in [1.82, 2.24) is 0 Å². The van der Waals surface area contributed by atoms with Gasteiger partial charge >= 0.3 is 5.91 Å². The van der Waals surface area contributed by atoms with Crippen molar-refractivity contribution in [2.75, 3.05) is 0 Å². The molecule has 1 heterocycles. The molecule has 92 valence electrons. The predicted molar refractivity (Wildman–Crippen MR) is 73.5 cm³/mol. The minimum absolute atomic E-state index is 0.255. The minimum atomic E-state index is -0.345. The van der Waals surface area contributed by atoms with E-state index < -0.39 is 0 Å². The van der Waals surface area contributed by atoms with Gasteiger partial charge in [0.15, 0.2) is 5.76 Å². The van der Waals surface area contributed by atoms with Gasteiger partial charge in [0.2, 0.25) is 5.90 Å². The van der Waals surface area contributed by atoms with Gasteiger partial charge in [-0.25, -0.2) is 0 Å². The number of amides is 1. The van der Waals surface area contributed by atoms with E-state index in [9.17, 15) is 4.79 Å². The Morgan fingerprint density at radius 1 is 0.895 bits per heavy atom. The van der Waals surface area contributed by atoms with Gasteiger partial charge in [0.25, 0.3) is 0 Å². The Morgan fingerprint density at radius 3 is 2.21 bits per heavy atom. The second-order valence-electron chi connectivity index (χ2n) is 4.11. The number of carbonyl (C=O) groups is 1. The van der Waals surface area contributed by atoms with Crippen molar-refractivity contribution in [2.24, 2.45) is 4.99 Å². The standard InChI is InChI=1S/C16H11NO2/c18-15-14(11-12-7-3-1-4-8-12)19-16(17-15)13-9-5-2-6-10-13/h1-11H/b14-11+. The zero-order valence-corrected chi connectivity index (χ0v) is 10.1. The third-order valence-electron chi connectivity index (χ3n) is 2.74. The quantitative estimate of drug-likeness (QED) is 0.767. The average molecular weight is 249 g/mol. The van der Waals surface area contributed by atoms with E-state index in [-0.39, 0.29) is 11.7 Å². The van der Waals surface area contributed by atoms with E-state index in [0.29, 0.717) is 5.90 Å². The molecule has 1 amide bonds. The van der Waals surface area contributed by atoms with Crippen molar-refractivity contribution >= 4 is 17.9 Å². The zero-order valence-electron chi connectivity index (χ0n) is 10.1. The molecule has 2 aromatic rings. The summed E-state index contributed by atoms with van der Waals surface area (Å²) in [6, 6.07) is 18.9. The summed E-state index contributed by atoms with van der Waals surface area (Å²) < 4.78 is 5.53. The first-order valence-corrected chi connectivity index (χ1v) is 5.96. The molecular weight excluding hydrogens is 238 g/mol. The number of rotatable bonds is 2. The van der Waals surface area contributed by atoms with Gasteiger partial charge in [-0.2, -0.15) is 4.99 Å². The van der Waals surface area contributed by atoms with Crippen LogP contribution in [0, 0.1) is 0 Å². The summed E-state index contributed by atoms with van der Waals surface area (Å²) in [7, 11) is 0. The first-order chi connectivity index (χ1) is 9.33. The fraction of sp³-hybridized carbons (Fsp3) is 0. The van der Waals surface area contributed by atoms with Crippen LogP contribution in [0.5, 0.6) is 0 Å². The lowest BCUT2D eigenvalue weighted by molar-refractivity contribution is -0.115. The maximum Gasteiger partial charge on any atom is 0.316 e. The predicted octanol–water partition coefficient (Wildman–Crippen LogP) is 3.03. The molecule has 1 aliphatic rings. The molecule has 0 unspecified atom stereocenters. The molecule has 0 radical (unpaired) electrons. The third-order valence-corrected chi connectivity index (χ3v) is 2.74. The Labute approximate surface area is 110 Å². The maximum absolute atomic E-state index is 11.8. The van der Waals surface area contributed by atoms with Gasteiger partial charge in [-0.1, -0.05) is 48.5 Å². The zero-order chi connectivity index (χ0) is 13.1. The summed E-state index contributed by atoms with van der Waals surface area (Å²) >= 11 is 0. The van der Waals surface area contributed by atoms with E-state index in [1.54, 1.807) is 6.08 Å². The van der Waals surface area contributed by atoms with E-state index in [0.717, 1.165) is 11.1 Å². The lowest BCUT2D eigenvalue weighted by Gasteiger charge is -2.01. The number of ether oxygens (including phenoxy) is 1. The van der Waals surface area contributed by atoms with Gasteiger partial charge < -0.3 is 4.74 Å². The van der Waals surface area contributed by atoms with Crippen molar-refractivity contribution in [1.29, 1.82) is 0 Å². The molecule has 0 aliphatic carbocycles. The maximum atomic E-state index is 11.8. The van der Waals surface area contributed by atoms with Crippen LogP contribution in [0.3, 0.4) is 0 Å². The highest BCUT2D eigenvalue weighted by atomic mass is 16.5. The lowest BCUT2D eigenvalue weighted by atomic mass is 10.2. The van der Waals surface area contributed by atoms with Crippen LogP contribution in [0.15, 0.2) is 71.4 Å². The van der Waals surface area contributed by atoms with Gasteiger partial charge in [-0.15, -0.1) is 0 Å². The Bertz CT molecular complexity index is 658. The fourth-order valence-corrected chi connectivity index (χ4v) is 1.81. The molecular formula is C16H11NO2. The molecule has 0 N–H and O–H groups in total. The molecule has 1 aliphatic heterocycles. The minimum Gasteiger partial charge on any atom is -0.432 e. The second-order valence-corrected chi connectivity index (χ2v) is 4.11. The van der Waals surface area contributed by atoms with Gasteiger partial charge in [0.05, 0.1) is 0 Å². The van der Waals surface area contributed by atoms with E-state index in [1.165, 1.54) is 0 Å². The molecule has 3 heteroatoms. The highest BCUT2D eigenvalue weighted by molar-refractivity contribution is 6.14. The molecule has 0 saturated heterocycles. The summed E-state index contributed by atoms with van der Waals surface area (Å²) in [5, 5.41) is 0. The first-order valence-electron chi connectivity index (χ1n) is 5.96. The average Bonchev–Trinajstić information content (AvgIpc) is 2.82. The van der Waals surface area contributed by atoms with Crippen LogP contribution in [0.25, 0.3) is 6.08 Å². The molecule has 19 heavy (non-hydrogen) atoms. The van der Waals surface area contributed by atoms with Crippen LogP contribution < -0.4 is 0 Å². The summed E-state index contributed by atoms with van der Waals surface area (Å²) in [6.07, 6.45) is 1.70. The van der Waals surface area contributed by atoms with Gasteiger partial charge in [0, 0.05) is 5.56 Å². The van der Waals surface area contributed by atoms with Gasteiger partial charge in [0.1, 0.15) is 0 Å². The smallest absolute Gasteiger partial charge is 0.316 e. The molecule has 3 nitrogen and oxygen atoms in total. The highest BCUT2D eigenvalue weighted by Gasteiger charge is 2.23. The van der Waals surface area contributed by atoms with E-state index in [2.05, 4.69) is 4.99 Å². The molecule has 3 rings (SSSR count). The highest BCUT2D eigenvalue weighted by Crippen LogP contribution is 2.18. The number of nitrogens with zero attached hydrogens (tertiary/aromatic N) is 1. The topological polar surface area (TPSA) is 38.7 Å². The molecule has 0 saturated carbocycles. The van der Waals surface area contributed by atoms with Crippen LogP contribution in [0.4, 0.5) is 0 Å². The Hall–Kier alpha value is -2.68. The fourth-order valence-electron chi connectivity index (χ4n) is 1.81. The van der Waals surface area contributed by atoms with Crippen molar-refractivity contribution in [3.05, 3.63) is 77.5 Å². The molecule has 0 bridgehead atoms. The molecule has 0 atom stereocenters. The van der Waals surface area contributed by atoms with Crippen molar-refractivity contribution < 1.29 is 9.53 Å². The molecule has 0 fully saturated rings. The summed E-state index contributed by atoms with van der Waals surface area (Å²) in [6.45, 7) is 0. The van der Waals surface area contributed by atoms with Crippen molar-refractivity contribution in [3.8, 4) is 0 Å². The van der Waals surface area contributed by atoms with Gasteiger partial charge in [-0.3, -0.25) is 4.79 Å². The third kappa shape index (κ3) is 2.45. The van der Waals surface area contributed by atoms with Crippen molar-refractivity contribution in [3.63, 3.8) is 0 Å². The number of aliphatic imine (C=N–C) groups is 1.